The summed E-state index contributed by atoms with van der Waals surface area (Å²) in [5.41, 5.74) is 2.12. The number of carbonyl (C=O) groups is 1. The quantitative estimate of drug-likeness (QED) is 0.493. The summed E-state index contributed by atoms with van der Waals surface area (Å²) in [7, 11) is 0. The fourth-order valence-corrected chi connectivity index (χ4v) is 3.97. The van der Waals surface area contributed by atoms with E-state index in [9.17, 15) is 4.79 Å². The highest BCUT2D eigenvalue weighted by Gasteiger charge is 2.32. The van der Waals surface area contributed by atoms with Crippen LogP contribution in [0.1, 0.15) is 32.8 Å². The van der Waals surface area contributed by atoms with Gasteiger partial charge in [0.2, 0.25) is 0 Å². The van der Waals surface area contributed by atoms with Gasteiger partial charge in [0.05, 0.1) is 24.1 Å². The van der Waals surface area contributed by atoms with Gasteiger partial charge in [-0.3, -0.25) is 4.57 Å². The van der Waals surface area contributed by atoms with Crippen LogP contribution in [0, 0.1) is 0 Å². The van der Waals surface area contributed by atoms with Crippen LogP contribution in [0.5, 0.6) is 6.01 Å². The van der Waals surface area contributed by atoms with Crippen molar-refractivity contribution in [3.05, 3.63) is 58.1 Å². The number of nitrogens with zero attached hydrogens (tertiary/aromatic N) is 3. The predicted molar refractivity (Wildman–Crippen MR) is 122 cm³/mol. The van der Waals surface area contributed by atoms with E-state index in [-0.39, 0.29) is 12.2 Å². The standard InChI is InChI=1S/C23H25Cl2N3O3/c1-23(2,3)31-22(29)27-11-10-17(14-27)30-21-26-19-6-4-5-7-20(19)28(21)13-15-12-16(24)8-9-18(15)25/h4-9,12,17H,10-11,13-14H2,1-3H3/t17-/m1/s1. The number of imidazole rings is 1. The largest absolute Gasteiger partial charge is 0.459 e. The molecular formula is C23H25Cl2N3O3. The first-order valence-corrected chi connectivity index (χ1v) is 11.0. The SMILES string of the molecule is CC(C)(C)OC(=O)N1CC[C@@H](Oc2nc3ccccc3n2Cc2cc(Cl)ccc2Cl)C1. The van der Waals surface area contributed by atoms with Gasteiger partial charge in [0.25, 0.3) is 6.01 Å². The van der Waals surface area contributed by atoms with E-state index >= 15 is 0 Å². The lowest BCUT2D eigenvalue weighted by atomic mass is 10.2. The monoisotopic (exact) mass is 461 g/mol. The van der Waals surface area contributed by atoms with Crippen LogP contribution < -0.4 is 4.74 Å². The molecule has 0 spiro atoms. The summed E-state index contributed by atoms with van der Waals surface area (Å²) in [6.07, 6.45) is 0.219. The predicted octanol–water partition coefficient (Wildman–Crippen LogP) is 5.78. The average Bonchev–Trinajstić information content (AvgIpc) is 3.29. The van der Waals surface area contributed by atoms with Gasteiger partial charge in [-0.1, -0.05) is 35.3 Å². The van der Waals surface area contributed by atoms with Crippen molar-refractivity contribution in [2.75, 3.05) is 13.1 Å². The summed E-state index contributed by atoms with van der Waals surface area (Å²) < 4.78 is 13.7. The molecule has 0 aliphatic carbocycles. The molecule has 31 heavy (non-hydrogen) atoms. The van der Waals surface area contributed by atoms with E-state index in [4.69, 9.17) is 32.7 Å². The van der Waals surface area contributed by atoms with Gasteiger partial charge in [-0.25, -0.2) is 4.79 Å². The lowest BCUT2D eigenvalue weighted by Crippen LogP contribution is -2.36. The Morgan fingerprint density at radius 3 is 2.74 bits per heavy atom. The number of likely N-dealkylation sites (tertiary alicyclic amines) is 1. The molecule has 8 heteroatoms. The third-order valence-electron chi connectivity index (χ3n) is 5.02. The Balaban J connectivity index is 1.56. The first-order chi connectivity index (χ1) is 14.7. The van der Waals surface area contributed by atoms with Crippen LogP contribution in [0.3, 0.4) is 0 Å². The van der Waals surface area contributed by atoms with E-state index in [1.54, 1.807) is 17.0 Å². The smallest absolute Gasteiger partial charge is 0.410 e. The minimum absolute atomic E-state index is 0.169. The van der Waals surface area contributed by atoms with Crippen molar-refractivity contribution >= 4 is 40.3 Å². The molecule has 1 aliphatic rings. The molecule has 2 heterocycles. The number of ether oxygens (including phenoxy) is 2. The van der Waals surface area contributed by atoms with Crippen molar-refractivity contribution < 1.29 is 14.3 Å². The summed E-state index contributed by atoms with van der Waals surface area (Å²) in [6, 6.07) is 13.7. The number of amides is 1. The molecule has 0 unspecified atom stereocenters. The minimum Gasteiger partial charge on any atom is -0.459 e. The normalized spacial score (nSPS) is 16.7. The Kier molecular flexibility index (Phi) is 6.04. The molecule has 164 valence electrons. The molecule has 6 nitrogen and oxygen atoms in total. The molecule has 1 aromatic heterocycles. The van der Waals surface area contributed by atoms with Crippen molar-refractivity contribution in [2.45, 2.75) is 45.4 Å². The van der Waals surface area contributed by atoms with Crippen LogP contribution in [0.15, 0.2) is 42.5 Å². The number of aromatic nitrogens is 2. The maximum Gasteiger partial charge on any atom is 0.410 e. The lowest BCUT2D eigenvalue weighted by molar-refractivity contribution is 0.0273. The van der Waals surface area contributed by atoms with Gasteiger partial charge in [-0.05, 0) is 56.7 Å². The summed E-state index contributed by atoms with van der Waals surface area (Å²) in [5, 5.41) is 1.25. The number of rotatable bonds is 4. The zero-order chi connectivity index (χ0) is 22.2. The molecule has 1 saturated heterocycles. The number of hydrogen-bond donors (Lipinski definition) is 0. The molecule has 1 amide bonds. The first kappa shape index (κ1) is 21.8. The van der Waals surface area contributed by atoms with Crippen molar-refractivity contribution in [1.29, 1.82) is 0 Å². The Hall–Kier alpha value is -2.44. The van der Waals surface area contributed by atoms with Crippen molar-refractivity contribution in [3.8, 4) is 6.01 Å². The van der Waals surface area contributed by atoms with Gasteiger partial charge in [0.15, 0.2) is 0 Å². The zero-order valence-corrected chi connectivity index (χ0v) is 19.3. The van der Waals surface area contributed by atoms with Crippen molar-refractivity contribution in [1.82, 2.24) is 14.5 Å². The topological polar surface area (TPSA) is 56.6 Å². The Morgan fingerprint density at radius 1 is 1.19 bits per heavy atom. The van der Waals surface area contributed by atoms with Gasteiger partial charge in [0, 0.05) is 23.0 Å². The molecule has 1 atom stereocenters. The van der Waals surface area contributed by atoms with Gasteiger partial charge in [-0.2, -0.15) is 4.98 Å². The first-order valence-electron chi connectivity index (χ1n) is 10.2. The highest BCUT2D eigenvalue weighted by Crippen LogP contribution is 2.28. The maximum atomic E-state index is 12.4. The van der Waals surface area contributed by atoms with Crippen LogP contribution >= 0.6 is 23.2 Å². The van der Waals surface area contributed by atoms with Crippen LogP contribution in [0.25, 0.3) is 11.0 Å². The zero-order valence-electron chi connectivity index (χ0n) is 17.8. The number of benzene rings is 2. The number of halogens is 2. The number of carbonyl (C=O) groups excluding carboxylic acids is 1. The molecule has 1 aliphatic heterocycles. The molecule has 0 N–H and O–H groups in total. The minimum atomic E-state index is -0.528. The molecule has 4 rings (SSSR count). The fraction of sp³-hybridized carbons (Fsp3) is 0.391. The van der Waals surface area contributed by atoms with Crippen LogP contribution in [0.4, 0.5) is 4.79 Å². The van der Waals surface area contributed by atoms with E-state index in [1.807, 2.05) is 55.7 Å². The summed E-state index contributed by atoms with van der Waals surface area (Å²) in [5.74, 6) is 0. The highest BCUT2D eigenvalue weighted by atomic mass is 35.5. The third kappa shape index (κ3) is 5.08. The summed E-state index contributed by atoms with van der Waals surface area (Å²) in [6.45, 7) is 7.09. The van der Waals surface area contributed by atoms with Gasteiger partial charge in [0.1, 0.15) is 11.7 Å². The van der Waals surface area contributed by atoms with Crippen LogP contribution in [-0.4, -0.2) is 45.3 Å². The fourth-order valence-electron chi connectivity index (χ4n) is 3.60. The molecule has 0 radical (unpaired) electrons. The molecule has 2 aromatic carbocycles. The second-order valence-corrected chi connectivity index (χ2v) is 9.50. The molecule has 3 aromatic rings. The van der Waals surface area contributed by atoms with E-state index in [0.717, 1.165) is 16.6 Å². The van der Waals surface area contributed by atoms with Crippen molar-refractivity contribution in [3.63, 3.8) is 0 Å². The van der Waals surface area contributed by atoms with E-state index in [1.165, 1.54) is 0 Å². The summed E-state index contributed by atoms with van der Waals surface area (Å²) >= 11 is 12.6. The average molecular weight is 462 g/mol. The Labute approximate surface area is 191 Å². The van der Waals surface area contributed by atoms with E-state index < -0.39 is 5.60 Å². The Bertz CT molecular complexity index is 1110. The highest BCUT2D eigenvalue weighted by molar-refractivity contribution is 6.33. The lowest BCUT2D eigenvalue weighted by Gasteiger charge is -2.24. The Morgan fingerprint density at radius 2 is 1.97 bits per heavy atom. The number of hydrogen-bond acceptors (Lipinski definition) is 4. The number of fused-ring (bicyclic) bond motifs is 1. The second kappa shape index (κ2) is 8.60. The molecular weight excluding hydrogens is 437 g/mol. The third-order valence-corrected chi connectivity index (χ3v) is 5.63. The molecule has 0 saturated carbocycles. The number of para-hydroxylation sites is 2. The van der Waals surface area contributed by atoms with Gasteiger partial charge in [-0.15, -0.1) is 0 Å². The van der Waals surface area contributed by atoms with Gasteiger partial charge >= 0.3 is 6.09 Å². The van der Waals surface area contributed by atoms with Crippen molar-refractivity contribution in [2.24, 2.45) is 0 Å². The molecule has 0 bridgehead atoms. The van der Waals surface area contributed by atoms with E-state index in [2.05, 4.69) is 4.98 Å². The van der Waals surface area contributed by atoms with Crippen LogP contribution in [0.2, 0.25) is 10.0 Å². The maximum absolute atomic E-state index is 12.4. The van der Waals surface area contributed by atoms with Gasteiger partial charge < -0.3 is 14.4 Å². The molecule has 1 fully saturated rings. The van der Waals surface area contributed by atoms with Crippen LogP contribution in [-0.2, 0) is 11.3 Å². The summed E-state index contributed by atoms with van der Waals surface area (Å²) in [4.78, 5) is 18.7. The van der Waals surface area contributed by atoms with E-state index in [0.29, 0.717) is 42.1 Å². The second-order valence-electron chi connectivity index (χ2n) is 8.66.